The number of ether oxygens (including phenoxy) is 2. The summed E-state index contributed by atoms with van der Waals surface area (Å²) in [6.07, 6.45) is 1.69. The zero-order chi connectivity index (χ0) is 20.6. The van der Waals surface area contributed by atoms with Gasteiger partial charge in [-0.1, -0.05) is 12.1 Å². The predicted molar refractivity (Wildman–Crippen MR) is 113 cm³/mol. The van der Waals surface area contributed by atoms with Gasteiger partial charge >= 0.3 is 0 Å². The van der Waals surface area contributed by atoms with Crippen LogP contribution < -0.4 is 25.0 Å². The molecule has 0 atom stereocenters. The molecule has 0 saturated heterocycles. The van der Waals surface area contributed by atoms with E-state index in [1.54, 1.807) is 37.6 Å². The Labute approximate surface area is 169 Å². The third-order valence-corrected chi connectivity index (χ3v) is 4.03. The predicted octanol–water partition coefficient (Wildman–Crippen LogP) is 3.31. The van der Waals surface area contributed by atoms with Crippen molar-refractivity contribution in [2.45, 2.75) is 0 Å². The monoisotopic (exact) mass is 393 g/mol. The van der Waals surface area contributed by atoms with Gasteiger partial charge in [0, 0.05) is 31.5 Å². The van der Waals surface area contributed by atoms with Crippen LogP contribution in [0.15, 0.2) is 60.8 Å². The lowest BCUT2D eigenvalue weighted by atomic mass is 10.2. The van der Waals surface area contributed by atoms with E-state index in [0.29, 0.717) is 23.0 Å². The molecule has 1 aromatic heterocycles. The number of para-hydroxylation sites is 2. The fraction of sp³-hybridized carbons (Fsp3) is 0.190. The van der Waals surface area contributed by atoms with E-state index in [1.807, 2.05) is 49.3 Å². The first-order chi connectivity index (χ1) is 14.0. The smallest absolute Gasteiger partial charge is 0.262 e. The first-order valence-corrected chi connectivity index (χ1v) is 8.98. The van der Waals surface area contributed by atoms with E-state index < -0.39 is 0 Å². The van der Waals surface area contributed by atoms with Crippen LogP contribution in [0.5, 0.6) is 11.5 Å². The molecule has 0 fully saturated rings. The van der Waals surface area contributed by atoms with Crippen molar-refractivity contribution in [3.05, 3.63) is 60.8 Å². The molecule has 0 aliphatic carbocycles. The van der Waals surface area contributed by atoms with E-state index in [2.05, 4.69) is 20.8 Å². The number of nitrogens with one attached hydrogen (secondary N) is 2. The van der Waals surface area contributed by atoms with Crippen LogP contribution in [-0.4, -0.2) is 43.9 Å². The van der Waals surface area contributed by atoms with Crippen LogP contribution in [0.4, 0.5) is 22.9 Å². The molecule has 8 heteroatoms. The number of benzene rings is 2. The number of methoxy groups -OCH3 is 1. The highest BCUT2D eigenvalue weighted by atomic mass is 16.5. The quantitative estimate of drug-likeness (QED) is 0.607. The van der Waals surface area contributed by atoms with Gasteiger partial charge in [-0.2, -0.15) is 5.10 Å². The van der Waals surface area contributed by atoms with Crippen molar-refractivity contribution in [1.29, 1.82) is 0 Å². The lowest BCUT2D eigenvalue weighted by molar-refractivity contribution is -0.118. The summed E-state index contributed by atoms with van der Waals surface area (Å²) < 4.78 is 10.7. The minimum absolute atomic E-state index is 0.118. The SMILES string of the molecule is COc1ccccc1OCC(=O)Nc1ccc(Nc2cc(N(C)C)cnn2)cc1. The van der Waals surface area contributed by atoms with Crippen molar-refractivity contribution in [1.82, 2.24) is 10.2 Å². The molecule has 150 valence electrons. The van der Waals surface area contributed by atoms with Crippen LogP contribution in [0.25, 0.3) is 0 Å². The third kappa shape index (κ3) is 5.58. The van der Waals surface area contributed by atoms with Crippen molar-refractivity contribution in [3.8, 4) is 11.5 Å². The second kappa shape index (κ2) is 9.41. The Balaban J connectivity index is 1.55. The summed E-state index contributed by atoms with van der Waals surface area (Å²) in [6, 6.07) is 16.4. The number of rotatable bonds is 8. The fourth-order valence-electron chi connectivity index (χ4n) is 2.53. The van der Waals surface area contributed by atoms with E-state index in [4.69, 9.17) is 9.47 Å². The summed E-state index contributed by atoms with van der Waals surface area (Å²) >= 11 is 0. The summed E-state index contributed by atoms with van der Waals surface area (Å²) in [5, 5.41) is 14.0. The van der Waals surface area contributed by atoms with Crippen LogP contribution in [-0.2, 0) is 4.79 Å². The Morgan fingerprint density at radius 3 is 2.41 bits per heavy atom. The topological polar surface area (TPSA) is 88.6 Å². The molecule has 2 N–H and O–H groups in total. The van der Waals surface area contributed by atoms with Crippen molar-refractivity contribution in [3.63, 3.8) is 0 Å². The van der Waals surface area contributed by atoms with Gasteiger partial charge < -0.3 is 25.0 Å². The number of hydrogen-bond acceptors (Lipinski definition) is 7. The van der Waals surface area contributed by atoms with Crippen LogP contribution in [0.3, 0.4) is 0 Å². The molecule has 3 rings (SSSR count). The first-order valence-electron chi connectivity index (χ1n) is 8.98. The average Bonchev–Trinajstić information content (AvgIpc) is 2.74. The summed E-state index contributed by atoms with van der Waals surface area (Å²) in [6.45, 7) is -0.118. The Bertz CT molecular complexity index is 961. The molecule has 1 heterocycles. The number of hydrogen-bond donors (Lipinski definition) is 2. The maximum Gasteiger partial charge on any atom is 0.262 e. The van der Waals surface area contributed by atoms with Gasteiger partial charge in [0.05, 0.1) is 19.0 Å². The maximum atomic E-state index is 12.1. The van der Waals surface area contributed by atoms with Crippen molar-refractivity contribution >= 4 is 28.8 Å². The second-order valence-electron chi connectivity index (χ2n) is 6.38. The number of nitrogens with zero attached hydrogens (tertiary/aromatic N) is 3. The molecule has 0 bridgehead atoms. The van der Waals surface area contributed by atoms with Gasteiger partial charge in [0.2, 0.25) is 0 Å². The Morgan fingerprint density at radius 2 is 1.72 bits per heavy atom. The number of anilines is 4. The molecule has 0 radical (unpaired) electrons. The molecular weight excluding hydrogens is 370 g/mol. The Hall–Kier alpha value is -3.81. The number of carbonyl (C=O) groups is 1. The Morgan fingerprint density at radius 1 is 1.03 bits per heavy atom. The van der Waals surface area contributed by atoms with Crippen LogP contribution in [0, 0.1) is 0 Å². The summed E-state index contributed by atoms with van der Waals surface area (Å²) in [5.41, 5.74) is 2.44. The Kier molecular flexibility index (Phi) is 6.47. The molecule has 29 heavy (non-hydrogen) atoms. The van der Waals surface area contributed by atoms with Crippen LogP contribution in [0.2, 0.25) is 0 Å². The number of amides is 1. The molecule has 0 aliphatic heterocycles. The minimum atomic E-state index is -0.263. The molecule has 2 aromatic carbocycles. The van der Waals surface area contributed by atoms with Crippen molar-refractivity contribution in [2.75, 3.05) is 43.3 Å². The van der Waals surface area contributed by atoms with E-state index >= 15 is 0 Å². The van der Waals surface area contributed by atoms with Gasteiger partial charge in [-0.25, -0.2) is 0 Å². The van der Waals surface area contributed by atoms with Crippen LogP contribution in [0.1, 0.15) is 0 Å². The molecular formula is C21H23N5O3. The molecule has 0 unspecified atom stereocenters. The number of aromatic nitrogens is 2. The van der Waals surface area contributed by atoms with Gasteiger partial charge in [0.15, 0.2) is 23.9 Å². The maximum absolute atomic E-state index is 12.1. The summed E-state index contributed by atoms with van der Waals surface area (Å²) in [5.74, 6) is 1.47. The average molecular weight is 393 g/mol. The van der Waals surface area contributed by atoms with Gasteiger partial charge in [-0.15, -0.1) is 5.10 Å². The first kappa shape index (κ1) is 19.9. The molecule has 0 spiro atoms. The zero-order valence-electron chi connectivity index (χ0n) is 16.5. The molecule has 0 aliphatic rings. The number of carbonyl (C=O) groups excluding carboxylic acids is 1. The highest BCUT2D eigenvalue weighted by Gasteiger charge is 2.08. The van der Waals surface area contributed by atoms with Crippen LogP contribution >= 0.6 is 0 Å². The van der Waals surface area contributed by atoms with E-state index in [9.17, 15) is 4.79 Å². The lowest BCUT2D eigenvalue weighted by Crippen LogP contribution is -2.20. The van der Waals surface area contributed by atoms with Gasteiger partial charge in [-0.05, 0) is 36.4 Å². The fourth-order valence-corrected chi connectivity index (χ4v) is 2.53. The highest BCUT2D eigenvalue weighted by Crippen LogP contribution is 2.25. The van der Waals surface area contributed by atoms with Gasteiger partial charge in [-0.3, -0.25) is 4.79 Å². The van der Waals surface area contributed by atoms with E-state index in [-0.39, 0.29) is 12.5 Å². The van der Waals surface area contributed by atoms with E-state index in [0.717, 1.165) is 11.4 Å². The van der Waals surface area contributed by atoms with Gasteiger partial charge in [0.1, 0.15) is 0 Å². The van der Waals surface area contributed by atoms with Crippen molar-refractivity contribution < 1.29 is 14.3 Å². The molecule has 0 saturated carbocycles. The third-order valence-electron chi connectivity index (χ3n) is 4.03. The zero-order valence-corrected chi connectivity index (χ0v) is 16.5. The molecule has 3 aromatic rings. The standard InChI is InChI=1S/C21H23N5O3/c1-26(2)17-12-20(25-22-13-17)23-15-8-10-16(11-9-15)24-21(27)14-29-19-7-5-4-6-18(19)28-3/h4-13H,14H2,1-3H3,(H,23,25)(H,24,27). The normalized spacial score (nSPS) is 10.2. The van der Waals surface area contributed by atoms with Crippen molar-refractivity contribution in [2.24, 2.45) is 0 Å². The largest absolute Gasteiger partial charge is 0.493 e. The summed E-state index contributed by atoms with van der Waals surface area (Å²) in [4.78, 5) is 14.1. The minimum Gasteiger partial charge on any atom is -0.493 e. The highest BCUT2D eigenvalue weighted by molar-refractivity contribution is 5.92. The summed E-state index contributed by atoms with van der Waals surface area (Å²) in [7, 11) is 5.44. The molecule has 1 amide bonds. The van der Waals surface area contributed by atoms with E-state index in [1.165, 1.54) is 0 Å². The lowest BCUT2D eigenvalue weighted by Gasteiger charge is -2.13. The molecule has 8 nitrogen and oxygen atoms in total. The van der Waals surface area contributed by atoms with Gasteiger partial charge in [0.25, 0.3) is 5.91 Å². The second-order valence-corrected chi connectivity index (χ2v) is 6.38.